The van der Waals surface area contributed by atoms with E-state index in [1.54, 1.807) is 53.7 Å². The number of benzene rings is 1. The van der Waals surface area contributed by atoms with Gasteiger partial charge in [0.2, 0.25) is 0 Å². The number of rotatable bonds is 3. The zero-order valence-electron chi connectivity index (χ0n) is 21.4. The van der Waals surface area contributed by atoms with Crippen LogP contribution in [0.3, 0.4) is 0 Å². The molecule has 0 aromatic heterocycles. The van der Waals surface area contributed by atoms with E-state index in [0.717, 1.165) is 5.56 Å². The van der Waals surface area contributed by atoms with Crippen molar-refractivity contribution >= 4 is 11.9 Å². The first-order chi connectivity index (χ1) is 15.1. The van der Waals surface area contributed by atoms with Gasteiger partial charge in [-0.2, -0.15) is 0 Å². The van der Waals surface area contributed by atoms with Crippen LogP contribution in [0.15, 0.2) is 36.4 Å². The van der Waals surface area contributed by atoms with Gasteiger partial charge < -0.3 is 14.2 Å². The van der Waals surface area contributed by atoms with Crippen molar-refractivity contribution in [3.63, 3.8) is 0 Å². The Labute approximate surface area is 198 Å². The third-order valence-corrected chi connectivity index (χ3v) is 5.12. The molecule has 1 aromatic carbocycles. The quantitative estimate of drug-likeness (QED) is 0.357. The Hall–Kier alpha value is -2.58. The summed E-state index contributed by atoms with van der Waals surface area (Å²) in [5, 5.41) is 0. The molecule has 0 saturated carbocycles. The molecule has 0 unspecified atom stereocenters. The van der Waals surface area contributed by atoms with Crippen LogP contribution < -0.4 is 0 Å². The second-order valence-corrected chi connectivity index (χ2v) is 11.5. The van der Waals surface area contributed by atoms with Crippen molar-refractivity contribution in [2.24, 2.45) is 10.8 Å². The van der Waals surface area contributed by atoms with Gasteiger partial charge in [0.15, 0.2) is 0 Å². The lowest BCUT2D eigenvalue weighted by Gasteiger charge is -2.32. The Balaban J connectivity index is 2.17. The maximum atomic E-state index is 12.4. The Kier molecular flexibility index (Phi) is 8.19. The van der Waals surface area contributed by atoms with Crippen LogP contribution in [-0.2, 0) is 29.2 Å². The van der Waals surface area contributed by atoms with Crippen molar-refractivity contribution in [3.8, 4) is 11.8 Å². The number of carbonyl (C=O) groups is 2. The van der Waals surface area contributed by atoms with Crippen LogP contribution >= 0.6 is 0 Å². The number of carbonyl (C=O) groups excluding carboxylic acids is 2. The summed E-state index contributed by atoms with van der Waals surface area (Å²) in [6, 6.07) is 8.16. The topological polar surface area (TPSA) is 61.8 Å². The van der Waals surface area contributed by atoms with Crippen molar-refractivity contribution in [2.45, 2.75) is 86.0 Å². The van der Waals surface area contributed by atoms with Crippen LogP contribution in [0.2, 0.25) is 0 Å². The third-order valence-electron chi connectivity index (χ3n) is 5.12. The highest BCUT2D eigenvalue weighted by atomic mass is 16.6. The molecule has 5 nitrogen and oxygen atoms in total. The largest absolute Gasteiger partial charge is 0.462 e. The molecule has 33 heavy (non-hydrogen) atoms. The zero-order chi connectivity index (χ0) is 25.0. The Morgan fingerprint density at radius 2 is 1.45 bits per heavy atom. The van der Waals surface area contributed by atoms with Crippen LogP contribution in [0.4, 0.5) is 0 Å². The summed E-state index contributed by atoms with van der Waals surface area (Å²) >= 11 is 0. The fourth-order valence-electron chi connectivity index (χ4n) is 2.86. The lowest BCUT2D eigenvalue weighted by Crippen LogP contribution is -2.43. The molecule has 0 aliphatic carbocycles. The molecule has 2 rings (SSSR count). The molecular weight excluding hydrogens is 416 g/mol. The minimum Gasteiger partial charge on any atom is -0.462 e. The van der Waals surface area contributed by atoms with E-state index in [9.17, 15) is 9.59 Å². The number of ether oxygens (including phenoxy) is 3. The van der Waals surface area contributed by atoms with E-state index in [1.807, 2.05) is 12.1 Å². The Morgan fingerprint density at radius 1 is 0.879 bits per heavy atom. The standard InChI is InChI=1S/C28H38O5/c1-26(2,3)20-13-10-19(11-14-20)12-15-21-16-17-22(33-25(30)28(7,8)9)23(32-21)18-31-24(29)27(4,5)6/h10-11,13-14,16-17,21-23H,18H2,1-9H3/t21-,22-,23-/m1/s1. The number of esters is 2. The van der Waals surface area contributed by atoms with Crippen molar-refractivity contribution in [1.29, 1.82) is 0 Å². The van der Waals surface area contributed by atoms with Gasteiger partial charge in [-0.1, -0.05) is 44.7 Å². The average Bonchev–Trinajstić information content (AvgIpc) is 2.69. The molecule has 1 aliphatic rings. The predicted octanol–water partition coefficient (Wildman–Crippen LogP) is 5.21. The molecule has 0 bridgehead atoms. The number of hydrogen-bond acceptors (Lipinski definition) is 5. The Bertz CT molecular complexity index is 924. The van der Waals surface area contributed by atoms with Crippen molar-refractivity contribution in [3.05, 3.63) is 47.5 Å². The highest BCUT2D eigenvalue weighted by Crippen LogP contribution is 2.24. The van der Waals surface area contributed by atoms with Gasteiger partial charge in [-0.15, -0.1) is 0 Å². The first-order valence-electron chi connectivity index (χ1n) is 11.4. The van der Waals surface area contributed by atoms with Crippen molar-refractivity contribution in [1.82, 2.24) is 0 Å². The number of hydrogen-bond donors (Lipinski definition) is 0. The third kappa shape index (κ3) is 8.05. The molecule has 0 amide bonds. The summed E-state index contributed by atoms with van der Waals surface area (Å²) in [7, 11) is 0. The molecule has 0 saturated heterocycles. The minimum absolute atomic E-state index is 0.0268. The van der Waals surface area contributed by atoms with E-state index in [4.69, 9.17) is 14.2 Å². The fourth-order valence-corrected chi connectivity index (χ4v) is 2.86. The second-order valence-electron chi connectivity index (χ2n) is 11.5. The molecular formula is C28H38O5. The van der Waals surface area contributed by atoms with E-state index < -0.39 is 29.1 Å². The van der Waals surface area contributed by atoms with Crippen LogP contribution in [0.1, 0.15) is 73.4 Å². The van der Waals surface area contributed by atoms with Gasteiger partial charge in [0.25, 0.3) is 0 Å². The van der Waals surface area contributed by atoms with E-state index in [0.29, 0.717) is 0 Å². The first-order valence-corrected chi connectivity index (χ1v) is 11.4. The van der Waals surface area contributed by atoms with Gasteiger partial charge in [-0.3, -0.25) is 9.59 Å². The lowest BCUT2D eigenvalue weighted by molar-refractivity contribution is -0.173. The van der Waals surface area contributed by atoms with Gasteiger partial charge in [-0.05, 0) is 76.8 Å². The highest BCUT2D eigenvalue weighted by molar-refractivity contribution is 5.76. The molecule has 1 heterocycles. The average molecular weight is 455 g/mol. The monoisotopic (exact) mass is 454 g/mol. The molecule has 1 aromatic rings. The van der Waals surface area contributed by atoms with Crippen LogP contribution in [0.25, 0.3) is 0 Å². The summed E-state index contributed by atoms with van der Waals surface area (Å²) in [4.78, 5) is 24.7. The van der Waals surface area contributed by atoms with Gasteiger partial charge in [0.1, 0.15) is 24.9 Å². The Morgan fingerprint density at radius 3 is 1.97 bits per heavy atom. The van der Waals surface area contributed by atoms with Crippen molar-refractivity contribution in [2.75, 3.05) is 6.61 Å². The summed E-state index contributed by atoms with van der Waals surface area (Å²) in [6.45, 7) is 17.2. The van der Waals surface area contributed by atoms with E-state index in [2.05, 4.69) is 44.7 Å². The highest BCUT2D eigenvalue weighted by Gasteiger charge is 2.35. The maximum Gasteiger partial charge on any atom is 0.311 e. The van der Waals surface area contributed by atoms with Crippen LogP contribution in [0.5, 0.6) is 0 Å². The maximum absolute atomic E-state index is 12.4. The molecule has 0 N–H and O–H groups in total. The first kappa shape index (κ1) is 26.7. The van der Waals surface area contributed by atoms with Gasteiger partial charge >= 0.3 is 11.9 Å². The van der Waals surface area contributed by atoms with E-state index >= 15 is 0 Å². The zero-order valence-corrected chi connectivity index (χ0v) is 21.4. The van der Waals surface area contributed by atoms with Crippen LogP contribution in [-0.4, -0.2) is 36.9 Å². The molecule has 1 aliphatic heterocycles. The van der Waals surface area contributed by atoms with Gasteiger partial charge in [-0.25, -0.2) is 0 Å². The van der Waals surface area contributed by atoms with Gasteiger partial charge in [0.05, 0.1) is 10.8 Å². The summed E-state index contributed by atoms with van der Waals surface area (Å²) < 4.78 is 17.2. The molecule has 5 heteroatoms. The summed E-state index contributed by atoms with van der Waals surface area (Å²) in [6.07, 6.45) is 1.74. The molecule has 3 atom stereocenters. The van der Waals surface area contributed by atoms with E-state index in [1.165, 1.54) is 5.56 Å². The summed E-state index contributed by atoms with van der Waals surface area (Å²) in [5.41, 5.74) is 0.915. The molecule has 180 valence electrons. The van der Waals surface area contributed by atoms with E-state index in [-0.39, 0.29) is 24.0 Å². The molecule has 0 radical (unpaired) electrons. The molecule has 0 spiro atoms. The fraction of sp³-hybridized carbons (Fsp3) is 0.571. The second kappa shape index (κ2) is 10.1. The SMILES string of the molecule is CC(C)(C)C(=O)OC[C@H]1O[C@H](C#Cc2ccc(C(C)(C)C)cc2)C=C[C@H]1OC(=O)C(C)(C)C. The minimum atomic E-state index is -0.659. The normalized spacial score (nSPS) is 21.1. The van der Waals surface area contributed by atoms with Crippen molar-refractivity contribution < 1.29 is 23.8 Å². The summed E-state index contributed by atoms with van der Waals surface area (Å²) in [5.74, 6) is 5.55. The van der Waals surface area contributed by atoms with Gasteiger partial charge in [0, 0.05) is 5.56 Å². The predicted molar refractivity (Wildman–Crippen MR) is 130 cm³/mol. The van der Waals surface area contributed by atoms with Crippen LogP contribution in [0, 0.1) is 22.7 Å². The smallest absolute Gasteiger partial charge is 0.311 e. The molecule has 0 fully saturated rings. The lowest BCUT2D eigenvalue weighted by atomic mass is 9.87.